The Hall–Kier alpha value is -1.61. The second-order valence-electron chi connectivity index (χ2n) is 4.04. The summed E-state index contributed by atoms with van der Waals surface area (Å²) in [6.07, 6.45) is 0. The Kier molecular flexibility index (Phi) is 3.82. The summed E-state index contributed by atoms with van der Waals surface area (Å²) in [5, 5.41) is 3.03. The van der Waals surface area contributed by atoms with Crippen molar-refractivity contribution in [3.05, 3.63) is 64.2 Å². The maximum absolute atomic E-state index is 13.7. The van der Waals surface area contributed by atoms with Gasteiger partial charge in [-0.25, -0.2) is 8.78 Å². The van der Waals surface area contributed by atoms with Gasteiger partial charge in [-0.05, 0) is 36.2 Å². The van der Waals surface area contributed by atoms with E-state index >= 15 is 0 Å². The number of hydrogen-bond acceptors (Lipinski definition) is 1. The van der Waals surface area contributed by atoms with Gasteiger partial charge in [0, 0.05) is 6.54 Å². The van der Waals surface area contributed by atoms with E-state index in [2.05, 4.69) is 5.32 Å². The third-order valence-corrected chi connectivity index (χ3v) is 2.95. The van der Waals surface area contributed by atoms with Crippen LogP contribution in [0.2, 0.25) is 5.02 Å². The van der Waals surface area contributed by atoms with Crippen LogP contribution in [0.4, 0.5) is 14.5 Å². The topological polar surface area (TPSA) is 12.0 Å². The number of aryl methyl sites for hydroxylation is 1. The van der Waals surface area contributed by atoms with Crippen molar-refractivity contribution < 1.29 is 8.78 Å². The van der Waals surface area contributed by atoms with Gasteiger partial charge >= 0.3 is 0 Å². The molecule has 0 radical (unpaired) electrons. The average molecular weight is 268 g/mol. The highest BCUT2D eigenvalue weighted by molar-refractivity contribution is 6.30. The minimum Gasteiger partial charge on any atom is -0.379 e. The molecular weight excluding hydrogens is 256 g/mol. The fraction of sp³-hybridized carbons (Fsp3) is 0.143. The van der Waals surface area contributed by atoms with Gasteiger partial charge in [0.1, 0.15) is 11.6 Å². The molecule has 0 saturated heterocycles. The molecule has 0 aliphatic heterocycles. The lowest BCUT2D eigenvalue weighted by atomic mass is 10.2. The van der Waals surface area contributed by atoms with E-state index in [-0.39, 0.29) is 10.8 Å². The van der Waals surface area contributed by atoms with Gasteiger partial charge in [0.25, 0.3) is 0 Å². The van der Waals surface area contributed by atoms with Gasteiger partial charge in [0.2, 0.25) is 0 Å². The zero-order valence-corrected chi connectivity index (χ0v) is 10.6. The molecule has 0 atom stereocenters. The molecule has 2 aromatic rings. The van der Waals surface area contributed by atoms with Gasteiger partial charge in [-0.15, -0.1) is 0 Å². The molecule has 0 amide bonds. The minimum absolute atomic E-state index is 0.0685. The van der Waals surface area contributed by atoms with Crippen LogP contribution in [-0.4, -0.2) is 0 Å². The predicted molar refractivity (Wildman–Crippen MR) is 69.9 cm³/mol. The van der Waals surface area contributed by atoms with Crippen molar-refractivity contribution in [3.63, 3.8) is 0 Å². The van der Waals surface area contributed by atoms with Crippen molar-refractivity contribution >= 4 is 17.3 Å². The molecule has 0 bridgehead atoms. The summed E-state index contributed by atoms with van der Waals surface area (Å²) in [5.74, 6) is -0.729. The van der Waals surface area contributed by atoms with Crippen LogP contribution in [0.1, 0.15) is 11.1 Å². The summed E-state index contributed by atoms with van der Waals surface area (Å²) >= 11 is 5.68. The Bertz CT molecular complexity index is 570. The fourth-order valence-electron chi connectivity index (χ4n) is 1.63. The highest BCUT2D eigenvalue weighted by Crippen LogP contribution is 2.20. The number of nitrogens with one attached hydrogen (secondary N) is 1. The maximum Gasteiger partial charge on any atom is 0.149 e. The highest BCUT2D eigenvalue weighted by atomic mass is 35.5. The number of benzene rings is 2. The Morgan fingerprint density at radius 2 is 1.94 bits per heavy atom. The SMILES string of the molecule is Cc1cccc(NCc2ccc(F)c(Cl)c2)c1F. The van der Waals surface area contributed by atoms with E-state index in [0.717, 1.165) is 5.56 Å². The monoisotopic (exact) mass is 267 g/mol. The normalized spacial score (nSPS) is 10.4. The lowest BCUT2D eigenvalue weighted by Gasteiger charge is -2.09. The number of anilines is 1. The molecule has 0 unspecified atom stereocenters. The summed E-state index contributed by atoms with van der Waals surface area (Å²) in [6.45, 7) is 2.09. The van der Waals surface area contributed by atoms with Crippen LogP contribution in [0.25, 0.3) is 0 Å². The molecule has 4 heteroatoms. The fourth-order valence-corrected chi connectivity index (χ4v) is 1.83. The number of hydrogen-bond donors (Lipinski definition) is 1. The first-order chi connectivity index (χ1) is 8.58. The van der Waals surface area contributed by atoms with E-state index in [9.17, 15) is 8.78 Å². The average Bonchev–Trinajstić information content (AvgIpc) is 2.35. The minimum atomic E-state index is -0.456. The van der Waals surface area contributed by atoms with E-state index in [0.29, 0.717) is 17.8 Å². The molecule has 0 heterocycles. The third-order valence-electron chi connectivity index (χ3n) is 2.66. The van der Waals surface area contributed by atoms with Crippen molar-refractivity contribution in [2.24, 2.45) is 0 Å². The van der Waals surface area contributed by atoms with Crippen LogP contribution in [0, 0.1) is 18.6 Å². The maximum atomic E-state index is 13.7. The zero-order chi connectivity index (χ0) is 13.1. The molecule has 0 aliphatic rings. The van der Waals surface area contributed by atoms with Crippen LogP contribution < -0.4 is 5.32 Å². The van der Waals surface area contributed by atoms with Crippen LogP contribution in [-0.2, 0) is 6.54 Å². The van der Waals surface area contributed by atoms with Crippen LogP contribution >= 0.6 is 11.6 Å². The standard InChI is InChI=1S/C14H12ClF2N/c1-9-3-2-4-13(14(9)17)18-8-10-5-6-12(16)11(15)7-10/h2-7,18H,8H2,1H3. The van der Waals surface area contributed by atoms with Crippen molar-refractivity contribution in [2.45, 2.75) is 13.5 Å². The van der Waals surface area contributed by atoms with E-state index in [1.165, 1.54) is 12.1 Å². The molecule has 0 fully saturated rings. The van der Waals surface area contributed by atoms with Gasteiger partial charge in [-0.2, -0.15) is 0 Å². The molecule has 1 N–H and O–H groups in total. The van der Waals surface area contributed by atoms with Crippen molar-refractivity contribution in [1.82, 2.24) is 0 Å². The first kappa shape index (κ1) is 12.8. The van der Waals surface area contributed by atoms with E-state index in [4.69, 9.17) is 11.6 Å². The summed E-state index contributed by atoms with van der Waals surface area (Å²) in [6, 6.07) is 9.58. The molecular formula is C14H12ClF2N. The first-order valence-electron chi connectivity index (χ1n) is 5.51. The number of halogens is 3. The molecule has 0 spiro atoms. The molecule has 2 aromatic carbocycles. The van der Waals surface area contributed by atoms with Crippen LogP contribution in [0.5, 0.6) is 0 Å². The lowest BCUT2D eigenvalue weighted by molar-refractivity contribution is 0.620. The van der Waals surface area contributed by atoms with Gasteiger partial charge in [-0.3, -0.25) is 0 Å². The second kappa shape index (κ2) is 5.36. The van der Waals surface area contributed by atoms with E-state index < -0.39 is 5.82 Å². The Morgan fingerprint density at radius 3 is 2.67 bits per heavy atom. The number of rotatable bonds is 3. The molecule has 1 nitrogen and oxygen atoms in total. The Morgan fingerprint density at radius 1 is 1.17 bits per heavy atom. The Labute approximate surface area is 109 Å². The Balaban J connectivity index is 2.11. The van der Waals surface area contributed by atoms with Crippen molar-refractivity contribution in [2.75, 3.05) is 5.32 Å². The third kappa shape index (κ3) is 2.79. The molecule has 0 aromatic heterocycles. The predicted octanol–water partition coefficient (Wildman–Crippen LogP) is 4.54. The summed E-state index contributed by atoms with van der Waals surface area (Å²) in [4.78, 5) is 0. The van der Waals surface area contributed by atoms with E-state index in [1.54, 1.807) is 31.2 Å². The largest absolute Gasteiger partial charge is 0.379 e. The van der Waals surface area contributed by atoms with Crippen molar-refractivity contribution in [3.8, 4) is 0 Å². The molecule has 2 rings (SSSR count). The molecule has 18 heavy (non-hydrogen) atoms. The van der Waals surface area contributed by atoms with Crippen LogP contribution in [0.15, 0.2) is 36.4 Å². The quantitative estimate of drug-likeness (QED) is 0.861. The summed E-state index contributed by atoms with van der Waals surface area (Å²) in [5.41, 5.74) is 1.80. The first-order valence-corrected chi connectivity index (χ1v) is 5.88. The highest BCUT2D eigenvalue weighted by Gasteiger charge is 2.05. The molecule has 94 valence electrons. The van der Waals surface area contributed by atoms with Gasteiger partial charge in [-0.1, -0.05) is 29.8 Å². The smallest absolute Gasteiger partial charge is 0.149 e. The lowest BCUT2D eigenvalue weighted by Crippen LogP contribution is -2.02. The molecule has 0 aliphatic carbocycles. The summed E-state index contributed by atoms with van der Waals surface area (Å²) < 4.78 is 26.7. The second-order valence-corrected chi connectivity index (χ2v) is 4.45. The zero-order valence-electron chi connectivity index (χ0n) is 9.81. The van der Waals surface area contributed by atoms with Gasteiger partial charge in [0.15, 0.2) is 0 Å². The van der Waals surface area contributed by atoms with Crippen molar-refractivity contribution in [1.29, 1.82) is 0 Å². The van der Waals surface area contributed by atoms with E-state index in [1.807, 2.05) is 0 Å². The van der Waals surface area contributed by atoms with Crippen LogP contribution in [0.3, 0.4) is 0 Å². The molecule has 0 saturated carbocycles. The van der Waals surface area contributed by atoms with Gasteiger partial charge in [0.05, 0.1) is 10.7 Å². The van der Waals surface area contributed by atoms with Gasteiger partial charge < -0.3 is 5.32 Å². The summed E-state index contributed by atoms with van der Waals surface area (Å²) in [7, 11) is 0.